The maximum Gasteiger partial charge on any atom is 0.137 e. The molecule has 0 atom stereocenters. The number of furan rings is 1. The fourth-order valence-electron chi connectivity index (χ4n) is 6.68. The van der Waals surface area contributed by atoms with E-state index in [2.05, 4.69) is 167 Å². The van der Waals surface area contributed by atoms with Crippen LogP contribution in [0.25, 0.3) is 60.6 Å². The van der Waals surface area contributed by atoms with E-state index < -0.39 is 0 Å². The third kappa shape index (κ3) is 4.21. The molecule has 212 valence electrons. The second-order valence-electron chi connectivity index (χ2n) is 11.4. The fourth-order valence-corrected chi connectivity index (χ4v) is 6.68. The van der Waals surface area contributed by atoms with Gasteiger partial charge in [-0.15, -0.1) is 0 Å². The van der Waals surface area contributed by atoms with E-state index in [-0.39, 0.29) is 0 Å². The first-order chi connectivity index (χ1) is 22.3. The first-order valence-corrected chi connectivity index (χ1v) is 15.3. The highest BCUT2D eigenvalue weighted by Crippen LogP contribution is 2.39. The first kappa shape index (κ1) is 25.4. The minimum Gasteiger partial charge on any atom is -0.456 e. The Morgan fingerprint density at radius 3 is 1.58 bits per heavy atom. The van der Waals surface area contributed by atoms with Crippen molar-refractivity contribution in [2.75, 3.05) is 4.90 Å². The molecule has 7 aromatic carbocycles. The molecule has 45 heavy (non-hydrogen) atoms. The Morgan fingerprint density at radius 1 is 0.378 bits per heavy atom. The Balaban J connectivity index is 1.08. The summed E-state index contributed by atoms with van der Waals surface area (Å²) in [5.74, 6) is 0. The van der Waals surface area contributed by atoms with Crippen LogP contribution in [0.4, 0.5) is 17.1 Å². The molecule has 0 radical (unpaired) electrons. The van der Waals surface area contributed by atoms with Gasteiger partial charge in [-0.2, -0.15) is 0 Å². The van der Waals surface area contributed by atoms with Gasteiger partial charge in [0.25, 0.3) is 0 Å². The van der Waals surface area contributed by atoms with Gasteiger partial charge in [-0.1, -0.05) is 97.1 Å². The number of fused-ring (bicyclic) bond motifs is 6. The van der Waals surface area contributed by atoms with Crippen LogP contribution in [0.3, 0.4) is 0 Å². The van der Waals surface area contributed by atoms with Gasteiger partial charge < -0.3 is 13.9 Å². The minimum absolute atomic E-state index is 0.884. The minimum atomic E-state index is 0.884. The molecule has 0 saturated heterocycles. The first-order valence-electron chi connectivity index (χ1n) is 15.3. The zero-order valence-electron chi connectivity index (χ0n) is 24.5. The molecule has 0 aliphatic carbocycles. The molecule has 2 aromatic heterocycles. The van der Waals surface area contributed by atoms with E-state index in [4.69, 9.17) is 4.42 Å². The van der Waals surface area contributed by atoms with E-state index in [1.165, 1.54) is 32.9 Å². The van der Waals surface area contributed by atoms with Crippen LogP contribution in [0.5, 0.6) is 0 Å². The largest absolute Gasteiger partial charge is 0.456 e. The maximum absolute atomic E-state index is 6.25. The van der Waals surface area contributed by atoms with Crippen molar-refractivity contribution in [1.29, 1.82) is 0 Å². The third-order valence-corrected chi connectivity index (χ3v) is 8.80. The number of para-hydroxylation sites is 4. The van der Waals surface area contributed by atoms with Crippen LogP contribution in [-0.4, -0.2) is 4.57 Å². The Hall–Kier alpha value is -6.06. The van der Waals surface area contributed by atoms with Crippen LogP contribution < -0.4 is 4.90 Å². The van der Waals surface area contributed by atoms with Crippen LogP contribution in [0.2, 0.25) is 0 Å². The lowest BCUT2D eigenvalue weighted by Crippen LogP contribution is -2.09. The van der Waals surface area contributed by atoms with Crippen LogP contribution in [0.1, 0.15) is 0 Å². The Bertz CT molecular complexity index is 2420. The van der Waals surface area contributed by atoms with Gasteiger partial charge in [-0.25, -0.2) is 0 Å². The molecule has 3 nitrogen and oxygen atoms in total. The van der Waals surface area contributed by atoms with Crippen LogP contribution in [0.15, 0.2) is 174 Å². The van der Waals surface area contributed by atoms with Crippen molar-refractivity contribution in [3.8, 4) is 16.8 Å². The summed E-state index contributed by atoms with van der Waals surface area (Å²) in [5.41, 5.74) is 11.0. The third-order valence-electron chi connectivity index (χ3n) is 8.80. The molecule has 0 amide bonds. The highest BCUT2D eigenvalue weighted by molar-refractivity contribution is 6.09. The van der Waals surface area contributed by atoms with Crippen molar-refractivity contribution in [3.63, 3.8) is 0 Å². The van der Waals surface area contributed by atoms with Gasteiger partial charge in [0, 0.05) is 50.4 Å². The molecule has 0 aliphatic heterocycles. The molecular formula is C42H28N2O. The van der Waals surface area contributed by atoms with Gasteiger partial charge in [0.05, 0.1) is 11.0 Å². The van der Waals surface area contributed by atoms with Gasteiger partial charge in [0.2, 0.25) is 0 Å². The molecule has 0 unspecified atom stereocenters. The Labute approximate surface area is 260 Å². The van der Waals surface area contributed by atoms with Crippen LogP contribution in [-0.2, 0) is 0 Å². The number of aromatic nitrogens is 1. The highest BCUT2D eigenvalue weighted by atomic mass is 16.3. The van der Waals surface area contributed by atoms with E-state index in [1.54, 1.807) is 0 Å². The van der Waals surface area contributed by atoms with Crippen molar-refractivity contribution < 1.29 is 4.42 Å². The number of anilines is 3. The van der Waals surface area contributed by atoms with E-state index in [0.29, 0.717) is 0 Å². The van der Waals surface area contributed by atoms with Gasteiger partial charge in [-0.05, 0) is 77.9 Å². The maximum atomic E-state index is 6.25. The standard InChI is InChI=1S/C42H28N2O/c1-2-10-31(11-3-1)43(34-26-27-38-37-14-6-9-17-41(37)45-42(38)28-34)32-22-18-29(19-23-32)30-20-24-33(25-21-30)44-39-15-7-4-12-35(39)36-13-5-8-16-40(36)44/h1-28H. The molecule has 0 bridgehead atoms. The van der Waals surface area contributed by atoms with E-state index in [0.717, 1.165) is 44.7 Å². The van der Waals surface area contributed by atoms with Crippen molar-refractivity contribution in [2.45, 2.75) is 0 Å². The SMILES string of the molecule is c1ccc(N(c2ccc(-c3ccc(-n4c5ccccc5c5ccccc54)cc3)cc2)c2ccc3c(c2)oc2ccccc23)cc1. The molecular weight excluding hydrogens is 548 g/mol. The molecule has 0 fully saturated rings. The second-order valence-corrected chi connectivity index (χ2v) is 11.4. The number of hydrogen-bond acceptors (Lipinski definition) is 2. The van der Waals surface area contributed by atoms with E-state index >= 15 is 0 Å². The van der Waals surface area contributed by atoms with Crippen LogP contribution >= 0.6 is 0 Å². The van der Waals surface area contributed by atoms with Crippen molar-refractivity contribution >= 4 is 60.8 Å². The van der Waals surface area contributed by atoms with Gasteiger partial charge in [-0.3, -0.25) is 0 Å². The Morgan fingerprint density at radius 2 is 0.889 bits per heavy atom. The summed E-state index contributed by atoms with van der Waals surface area (Å²) in [4.78, 5) is 2.28. The summed E-state index contributed by atoms with van der Waals surface area (Å²) in [7, 11) is 0. The molecule has 0 spiro atoms. The summed E-state index contributed by atoms with van der Waals surface area (Å²) in [6.07, 6.45) is 0. The van der Waals surface area contributed by atoms with Crippen LogP contribution in [0, 0.1) is 0 Å². The second kappa shape index (κ2) is 10.3. The molecule has 9 rings (SSSR count). The number of nitrogens with zero attached hydrogens (tertiary/aromatic N) is 2. The number of hydrogen-bond donors (Lipinski definition) is 0. The molecule has 0 saturated carbocycles. The van der Waals surface area contributed by atoms with Crippen molar-refractivity contribution in [3.05, 3.63) is 170 Å². The average Bonchev–Trinajstić information content (AvgIpc) is 3.65. The normalized spacial score (nSPS) is 11.6. The summed E-state index contributed by atoms with van der Waals surface area (Å²) < 4.78 is 8.60. The smallest absolute Gasteiger partial charge is 0.137 e. The lowest BCUT2D eigenvalue weighted by molar-refractivity contribution is 0.669. The van der Waals surface area contributed by atoms with E-state index in [9.17, 15) is 0 Å². The molecule has 2 heterocycles. The van der Waals surface area contributed by atoms with Crippen molar-refractivity contribution in [2.24, 2.45) is 0 Å². The molecule has 0 aliphatic rings. The zero-order valence-corrected chi connectivity index (χ0v) is 24.5. The molecule has 0 N–H and O–H groups in total. The fraction of sp³-hybridized carbons (Fsp3) is 0. The summed E-state index contributed by atoms with van der Waals surface area (Å²) >= 11 is 0. The number of benzene rings is 7. The lowest BCUT2D eigenvalue weighted by Gasteiger charge is -2.25. The van der Waals surface area contributed by atoms with Gasteiger partial charge >= 0.3 is 0 Å². The highest BCUT2D eigenvalue weighted by Gasteiger charge is 2.16. The topological polar surface area (TPSA) is 21.3 Å². The van der Waals surface area contributed by atoms with Gasteiger partial charge in [0.1, 0.15) is 11.2 Å². The Kier molecular flexibility index (Phi) is 5.82. The zero-order chi connectivity index (χ0) is 29.7. The predicted molar refractivity (Wildman–Crippen MR) is 188 cm³/mol. The van der Waals surface area contributed by atoms with Gasteiger partial charge in [0.15, 0.2) is 0 Å². The predicted octanol–water partition coefficient (Wildman–Crippen LogP) is 11.8. The summed E-state index contributed by atoms with van der Waals surface area (Å²) in [6, 6.07) is 60.2. The summed E-state index contributed by atoms with van der Waals surface area (Å²) in [6.45, 7) is 0. The quantitative estimate of drug-likeness (QED) is 0.203. The van der Waals surface area contributed by atoms with Crippen molar-refractivity contribution in [1.82, 2.24) is 4.57 Å². The van der Waals surface area contributed by atoms with E-state index in [1.807, 2.05) is 12.1 Å². The number of rotatable bonds is 5. The molecule has 9 aromatic rings. The monoisotopic (exact) mass is 576 g/mol. The molecule has 3 heteroatoms. The average molecular weight is 577 g/mol. The lowest BCUT2D eigenvalue weighted by atomic mass is 10.0. The summed E-state index contributed by atoms with van der Waals surface area (Å²) in [5, 5.41) is 4.81.